The Labute approximate surface area is 201 Å². The highest BCUT2D eigenvalue weighted by Gasteiger charge is 2.15. The average molecular weight is 598 g/mol. The van der Waals surface area contributed by atoms with Crippen LogP contribution in [0.4, 0.5) is 0 Å². The molecule has 3 aromatic rings. The molecule has 0 amide bonds. The third-order valence-corrected chi connectivity index (χ3v) is 6.07. The van der Waals surface area contributed by atoms with Crippen molar-refractivity contribution in [3.05, 3.63) is 66.2 Å². The number of fused-ring (bicyclic) bond motifs is 1. The Morgan fingerprint density at radius 1 is 1.32 bits per heavy atom. The van der Waals surface area contributed by atoms with Gasteiger partial charge in [-0.15, -0.1) is 0 Å². The van der Waals surface area contributed by atoms with Crippen molar-refractivity contribution in [2.24, 2.45) is 5.10 Å². The van der Waals surface area contributed by atoms with Crippen LogP contribution in [0, 0.1) is 3.57 Å². The van der Waals surface area contributed by atoms with Crippen LogP contribution in [0.2, 0.25) is 0 Å². The van der Waals surface area contributed by atoms with E-state index in [2.05, 4.69) is 48.4 Å². The first-order valence-electron chi connectivity index (χ1n) is 9.59. The number of hydrogen-bond acceptors (Lipinski definition) is 6. The van der Waals surface area contributed by atoms with Crippen molar-refractivity contribution in [2.45, 2.75) is 26.2 Å². The summed E-state index contributed by atoms with van der Waals surface area (Å²) in [5, 5.41) is 4.97. The number of methoxy groups -OCH3 is 1. The second kappa shape index (κ2) is 10.4. The van der Waals surface area contributed by atoms with Crippen LogP contribution in [-0.2, 0) is 9.53 Å². The van der Waals surface area contributed by atoms with Gasteiger partial charge in [0.15, 0.2) is 6.61 Å². The van der Waals surface area contributed by atoms with Crippen molar-refractivity contribution in [1.29, 1.82) is 0 Å². The van der Waals surface area contributed by atoms with Crippen molar-refractivity contribution >= 4 is 61.6 Å². The molecule has 1 heterocycles. The maximum Gasteiger partial charge on any atom is 0.343 e. The van der Waals surface area contributed by atoms with Crippen LogP contribution in [0.25, 0.3) is 10.9 Å². The smallest absolute Gasteiger partial charge is 0.343 e. The van der Waals surface area contributed by atoms with Gasteiger partial charge in [0.05, 0.1) is 27.8 Å². The zero-order valence-corrected chi connectivity index (χ0v) is 21.0. The largest absolute Gasteiger partial charge is 0.481 e. The van der Waals surface area contributed by atoms with E-state index in [0.717, 1.165) is 20.0 Å². The average Bonchev–Trinajstić information content (AvgIpc) is 2.77. The summed E-state index contributed by atoms with van der Waals surface area (Å²) in [7, 11) is 1.31. The lowest BCUT2D eigenvalue weighted by atomic mass is 10.1. The van der Waals surface area contributed by atoms with Crippen molar-refractivity contribution in [3.8, 4) is 5.75 Å². The fourth-order valence-electron chi connectivity index (χ4n) is 2.81. The Morgan fingerprint density at radius 2 is 2.10 bits per heavy atom. The highest BCUT2D eigenvalue weighted by atomic mass is 127. The Morgan fingerprint density at radius 3 is 2.77 bits per heavy atom. The van der Waals surface area contributed by atoms with Gasteiger partial charge in [-0.25, -0.2) is 9.78 Å². The minimum Gasteiger partial charge on any atom is -0.481 e. The lowest BCUT2D eigenvalue weighted by Crippen LogP contribution is -2.23. The fourth-order valence-corrected chi connectivity index (χ4v) is 3.87. The molecule has 0 unspecified atom stereocenters. The Kier molecular flexibility index (Phi) is 7.82. The van der Waals surface area contributed by atoms with Crippen LogP contribution in [0.1, 0.15) is 37.6 Å². The molecule has 0 N–H and O–H groups in total. The van der Waals surface area contributed by atoms with E-state index in [4.69, 9.17) is 9.72 Å². The van der Waals surface area contributed by atoms with Crippen LogP contribution in [0.15, 0.2) is 50.8 Å². The number of aromatic nitrogens is 2. The van der Waals surface area contributed by atoms with Gasteiger partial charge in [0.2, 0.25) is 0 Å². The highest BCUT2D eigenvalue weighted by Crippen LogP contribution is 2.23. The van der Waals surface area contributed by atoms with Gasteiger partial charge in [-0.05, 0) is 71.0 Å². The topological polar surface area (TPSA) is 82.8 Å². The molecule has 31 heavy (non-hydrogen) atoms. The van der Waals surface area contributed by atoms with Gasteiger partial charge in [-0.3, -0.25) is 4.79 Å². The minimum atomic E-state index is -0.450. The summed E-state index contributed by atoms with van der Waals surface area (Å²) in [6, 6.07) is 10.9. The van der Waals surface area contributed by atoms with Gasteiger partial charge in [-0.2, -0.15) is 9.78 Å². The number of carbonyl (C=O) groups excluding carboxylic acids is 1. The summed E-state index contributed by atoms with van der Waals surface area (Å²) >= 11 is 5.53. The summed E-state index contributed by atoms with van der Waals surface area (Å²) in [5.41, 5.74) is 1.22. The molecule has 0 aliphatic heterocycles. The normalized spacial score (nSPS) is 12.3. The molecule has 2 aromatic carbocycles. The fraction of sp³-hybridized carbons (Fsp3) is 0.273. The predicted molar refractivity (Wildman–Crippen MR) is 132 cm³/mol. The molecule has 0 spiro atoms. The number of ether oxygens (including phenoxy) is 2. The summed E-state index contributed by atoms with van der Waals surface area (Å²) in [5.74, 6) is 0.796. The van der Waals surface area contributed by atoms with E-state index < -0.39 is 5.97 Å². The van der Waals surface area contributed by atoms with Gasteiger partial charge in [0.25, 0.3) is 5.56 Å². The maximum atomic E-state index is 13.2. The second-order valence-electron chi connectivity index (χ2n) is 6.86. The van der Waals surface area contributed by atoms with Gasteiger partial charge >= 0.3 is 5.97 Å². The molecule has 0 saturated carbocycles. The molecule has 0 saturated heterocycles. The lowest BCUT2D eigenvalue weighted by Gasteiger charge is -2.14. The van der Waals surface area contributed by atoms with Gasteiger partial charge in [-0.1, -0.05) is 29.8 Å². The predicted octanol–water partition coefficient (Wildman–Crippen LogP) is 4.71. The van der Waals surface area contributed by atoms with Crippen LogP contribution < -0.4 is 10.3 Å². The van der Waals surface area contributed by atoms with E-state index in [-0.39, 0.29) is 18.1 Å². The number of nitrogens with zero attached hydrogens (tertiary/aromatic N) is 3. The third-order valence-electron chi connectivity index (χ3n) is 4.74. The summed E-state index contributed by atoms with van der Waals surface area (Å²) in [6.45, 7) is 3.91. The number of rotatable bonds is 7. The first-order valence-corrected chi connectivity index (χ1v) is 11.5. The van der Waals surface area contributed by atoms with Crippen LogP contribution in [0.3, 0.4) is 0 Å². The summed E-state index contributed by atoms with van der Waals surface area (Å²) in [6.07, 6.45) is 2.44. The number of hydrogen-bond donors (Lipinski definition) is 0. The lowest BCUT2D eigenvalue weighted by molar-refractivity contribution is -0.142. The van der Waals surface area contributed by atoms with Gasteiger partial charge in [0.1, 0.15) is 11.6 Å². The first kappa shape index (κ1) is 23.4. The summed E-state index contributed by atoms with van der Waals surface area (Å²) < 4.78 is 13.0. The molecule has 1 aromatic heterocycles. The van der Waals surface area contributed by atoms with E-state index in [0.29, 0.717) is 22.5 Å². The van der Waals surface area contributed by atoms with E-state index in [1.807, 2.05) is 32.0 Å². The van der Waals surface area contributed by atoms with E-state index in [9.17, 15) is 9.59 Å². The van der Waals surface area contributed by atoms with Crippen LogP contribution >= 0.6 is 38.5 Å². The number of carbonyl (C=O) groups is 1. The third kappa shape index (κ3) is 5.51. The molecular weight excluding hydrogens is 577 g/mol. The second-order valence-corrected chi connectivity index (χ2v) is 8.93. The van der Waals surface area contributed by atoms with E-state index >= 15 is 0 Å². The molecule has 162 valence electrons. The molecule has 0 radical (unpaired) electrons. The first-order chi connectivity index (χ1) is 14.8. The molecule has 9 heteroatoms. The monoisotopic (exact) mass is 597 g/mol. The molecule has 3 rings (SSSR count). The van der Waals surface area contributed by atoms with E-state index in [1.165, 1.54) is 11.8 Å². The number of benzene rings is 2. The maximum absolute atomic E-state index is 13.2. The number of esters is 1. The Hall–Kier alpha value is -2.27. The Balaban J connectivity index is 1.98. The Bertz CT molecular complexity index is 1210. The number of halogens is 2. The molecular formula is C22H21BrIN3O4. The van der Waals surface area contributed by atoms with E-state index in [1.54, 1.807) is 24.4 Å². The van der Waals surface area contributed by atoms with Crippen molar-refractivity contribution < 1.29 is 14.3 Å². The van der Waals surface area contributed by atoms with Crippen molar-refractivity contribution in [2.75, 3.05) is 13.7 Å². The quantitative estimate of drug-likeness (QED) is 0.224. The molecule has 1 atom stereocenters. The summed E-state index contributed by atoms with van der Waals surface area (Å²) in [4.78, 5) is 29.1. The minimum absolute atomic E-state index is 0.0622. The van der Waals surface area contributed by atoms with Gasteiger partial charge in [0, 0.05) is 10.4 Å². The van der Waals surface area contributed by atoms with Crippen molar-refractivity contribution in [1.82, 2.24) is 9.66 Å². The van der Waals surface area contributed by atoms with Crippen LogP contribution in [-0.4, -0.2) is 35.6 Å². The zero-order chi connectivity index (χ0) is 22.5. The molecule has 0 bridgehead atoms. The SMILES string of the molecule is CC[C@@H](C)c1nc2ccc(Br)cc2c(=O)n1N=Cc1ccc(OCC(=O)OC)c(I)c1. The van der Waals surface area contributed by atoms with Crippen LogP contribution in [0.5, 0.6) is 5.75 Å². The standard InChI is InChI=1S/C22H21BrIN3O4/c1-4-13(2)21-26-18-7-6-15(23)10-16(18)22(29)27(21)25-11-14-5-8-19(17(24)9-14)31-12-20(28)30-3/h5-11,13H,4,12H2,1-3H3/t13-/m1/s1. The molecule has 0 aliphatic carbocycles. The molecule has 0 fully saturated rings. The zero-order valence-electron chi connectivity index (χ0n) is 17.3. The molecule has 0 aliphatic rings. The molecule has 7 nitrogen and oxygen atoms in total. The highest BCUT2D eigenvalue weighted by molar-refractivity contribution is 14.1. The van der Waals surface area contributed by atoms with Gasteiger partial charge < -0.3 is 9.47 Å². The van der Waals surface area contributed by atoms with Crippen molar-refractivity contribution in [3.63, 3.8) is 0 Å².